The Morgan fingerprint density at radius 2 is 0.651 bits per heavy atom. The van der Waals surface area contributed by atoms with Crippen molar-refractivity contribution >= 4 is 76.0 Å². The van der Waals surface area contributed by atoms with Gasteiger partial charge >= 0.3 is 5.97 Å². The lowest BCUT2D eigenvalue weighted by Gasteiger charge is -2.22. The minimum absolute atomic E-state index is 0.0238. The van der Waals surface area contributed by atoms with Crippen LogP contribution in [0.25, 0.3) is 0 Å². The van der Waals surface area contributed by atoms with Crippen molar-refractivity contribution in [3.8, 4) is 23.0 Å². The van der Waals surface area contributed by atoms with Crippen LogP contribution in [0.3, 0.4) is 0 Å². The van der Waals surface area contributed by atoms with Crippen LogP contribution in [0.1, 0.15) is 125 Å². The molecule has 4 aromatic rings. The van der Waals surface area contributed by atoms with Crippen LogP contribution in [0.5, 0.6) is 23.0 Å². The number of carbonyl (C=O) groups excluding carboxylic acids is 8. The minimum Gasteiger partial charge on any atom is -0.496 e. The summed E-state index contributed by atoms with van der Waals surface area (Å²) in [5, 5.41) is 30.9. The molecule has 27 nitrogen and oxygen atoms in total. The molecule has 0 aliphatic rings. The van der Waals surface area contributed by atoms with Crippen molar-refractivity contribution in [1.29, 1.82) is 0 Å². The predicted molar refractivity (Wildman–Crippen MR) is 324 cm³/mol. The number of nitrogens with two attached hydrogens (primary N) is 5. The Morgan fingerprint density at radius 1 is 0.395 bits per heavy atom. The second-order valence-corrected chi connectivity index (χ2v) is 20.0. The SMILES string of the molecule is COc1ccc(NC(=O)[C@H](CCCCN)NC(=O)c2cc(NC(=O)[C@@H](N)CCCCN)ccc2OC)cc1C(=O)NC(CCCCN)C(=O)Nc1ccc(OC)c(C(=O)N[C@@H](CCCCN)C(=O)Nc2ccc(OC)c(C(=O)N[C@@H](C)C(=O)O)c2)c1. The molecule has 0 aliphatic carbocycles. The number of methoxy groups -OCH3 is 4. The molecule has 4 aromatic carbocycles. The van der Waals surface area contributed by atoms with Crippen LogP contribution >= 0.6 is 0 Å². The summed E-state index contributed by atoms with van der Waals surface area (Å²) in [7, 11) is 5.36. The van der Waals surface area contributed by atoms with Crippen molar-refractivity contribution in [2.24, 2.45) is 28.7 Å². The van der Waals surface area contributed by atoms with Crippen molar-refractivity contribution in [1.82, 2.24) is 21.3 Å². The summed E-state index contributed by atoms with van der Waals surface area (Å²) in [4.78, 5) is 122. The Kier molecular flexibility index (Phi) is 29.2. The lowest BCUT2D eigenvalue weighted by Crippen LogP contribution is -2.44. The third-order valence-corrected chi connectivity index (χ3v) is 13.6. The van der Waals surface area contributed by atoms with E-state index in [4.69, 9.17) is 47.6 Å². The summed E-state index contributed by atoms with van der Waals surface area (Å²) in [6.07, 6.45) is 5.03. The zero-order valence-corrected chi connectivity index (χ0v) is 49.3. The van der Waals surface area contributed by atoms with E-state index in [1.54, 1.807) is 6.07 Å². The van der Waals surface area contributed by atoms with E-state index in [0.29, 0.717) is 84.0 Å². The van der Waals surface area contributed by atoms with Gasteiger partial charge < -0.3 is 95.3 Å². The van der Waals surface area contributed by atoms with Gasteiger partial charge in [-0.25, -0.2) is 0 Å². The molecule has 5 atom stereocenters. The zero-order valence-electron chi connectivity index (χ0n) is 49.3. The van der Waals surface area contributed by atoms with Crippen LogP contribution in [0.15, 0.2) is 72.8 Å². The second-order valence-electron chi connectivity index (χ2n) is 20.0. The van der Waals surface area contributed by atoms with Gasteiger partial charge in [-0.1, -0.05) is 6.42 Å². The standard InChI is InChI=1S/C59H83N13O14/c1-34(59(81)82)65-51(73)39-31-36(19-23-47(39)83-2)67-56(78)44(15-7-11-27-61)71-53(75)41-33-38(21-25-49(41)85-4)69-58(80)46(17-9-13-29-63)72-54(76)42-32-37(20-24-50(42)86-5)68-57(79)45(16-8-12-28-62)70-52(74)40-30-35(18-22-48(40)84-3)66-55(77)43(64)14-6-10-26-60/h18-25,30-34,43-46H,6-17,26-29,60-64H2,1-5H3,(H,65,73)(H,66,77)(H,67,78)(H,68,79)(H,69,80)(H,70,74)(H,71,75)(H,72,76)(H,81,82)/t34-,43-,44-,45-,46?/m0/s1. The highest BCUT2D eigenvalue weighted by Crippen LogP contribution is 2.28. The van der Waals surface area contributed by atoms with Crippen molar-refractivity contribution in [3.63, 3.8) is 0 Å². The van der Waals surface area contributed by atoms with Crippen LogP contribution in [-0.4, -0.2) is 143 Å². The van der Waals surface area contributed by atoms with Gasteiger partial charge in [0.05, 0.1) is 56.7 Å². The molecule has 0 fully saturated rings. The molecule has 468 valence electrons. The molecular formula is C59H83N13O14. The number of rotatable bonds is 37. The van der Waals surface area contributed by atoms with Crippen LogP contribution in [-0.2, 0) is 24.0 Å². The summed E-state index contributed by atoms with van der Waals surface area (Å²) < 4.78 is 21.8. The molecule has 0 aromatic heterocycles. The number of benzene rings is 4. The first-order chi connectivity index (χ1) is 41.2. The summed E-state index contributed by atoms with van der Waals surface area (Å²) in [5.41, 5.74) is 29.5. The molecule has 0 heterocycles. The van der Waals surface area contributed by atoms with E-state index in [0.717, 1.165) is 0 Å². The van der Waals surface area contributed by atoms with Gasteiger partial charge in [0.25, 0.3) is 23.6 Å². The molecule has 0 saturated heterocycles. The maximum atomic E-state index is 14.3. The second kappa shape index (κ2) is 36.1. The fourth-order valence-corrected chi connectivity index (χ4v) is 8.74. The number of carbonyl (C=O) groups is 9. The normalized spacial score (nSPS) is 12.6. The third-order valence-electron chi connectivity index (χ3n) is 13.6. The number of amides is 8. The third kappa shape index (κ3) is 21.3. The molecule has 27 heteroatoms. The molecule has 0 bridgehead atoms. The summed E-state index contributed by atoms with van der Waals surface area (Å²) in [6, 6.07) is 11.7. The number of hydrogen-bond acceptors (Lipinski definition) is 18. The van der Waals surface area contributed by atoms with Gasteiger partial charge in [0.1, 0.15) is 47.2 Å². The van der Waals surface area contributed by atoms with Crippen LogP contribution in [0.4, 0.5) is 22.7 Å². The lowest BCUT2D eigenvalue weighted by molar-refractivity contribution is -0.138. The number of aliphatic carboxylic acids is 1. The number of carboxylic acids is 1. The van der Waals surface area contributed by atoms with Crippen LogP contribution < -0.4 is 90.2 Å². The predicted octanol–water partition coefficient (Wildman–Crippen LogP) is 2.92. The van der Waals surface area contributed by atoms with Gasteiger partial charge in [0, 0.05) is 22.7 Å². The Labute approximate surface area is 499 Å². The summed E-state index contributed by atoms with van der Waals surface area (Å²) >= 11 is 0. The fourth-order valence-electron chi connectivity index (χ4n) is 8.74. The minimum atomic E-state index is -1.27. The first-order valence-corrected chi connectivity index (χ1v) is 28.2. The highest BCUT2D eigenvalue weighted by Gasteiger charge is 2.29. The van der Waals surface area contributed by atoms with Gasteiger partial charge in [-0.15, -0.1) is 0 Å². The average molecular weight is 1200 g/mol. The fraction of sp³-hybridized carbons (Fsp3) is 0.441. The quantitative estimate of drug-likeness (QED) is 0.0289. The average Bonchev–Trinajstić information content (AvgIpc) is 2.47. The van der Waals surface area contributed by atoms with Gasteiger partial charge in [0.2, 0.25) is 23.6 Å². The number of nitrogens with one attached hydrogen (secondary N) is 8. The number of unbranched alkanes of at least 4 members (excludes halogenated alkanes) is 4. The Morgan fingerprint density at radius 3 is 0.907 bits per heavy atom. The lowest BCUT2D eigenvalue weighted by atomic mass is 10.1. The Hall–Kier alpha value is -8.89. The highest BCUT2D eigenvalue weighted by atomic mass is 16.5. The maximum Gasteiger partial charge on any atom is 0.325 e. The monoisotopic (exact) mass is 1200 g/mol. The summed E-state index contributed by atoms with van der Waals surface area (Å²) in [5.74, 6) is -6.23. The van der Waals surface area contributed by atoms with E-state index in [2.05, 4.69) is 42.5 Å². The Bertz CT molecular complexity index is 2980. The van der Waals surface area contributed by atoms with Gasteiger partial charge in [0.15, 0.2) is 0 Å². The highest BCUT2D eigenvalue weighted by molar-refractivity contribution is 6.08. The molecule has 0 spiro atoms. The van der Waals surface area contributed by atoms with Crippen LogP contribution in [0.2, 0.25) is 0 Å². The van der Waals surface area contributed by atoms with E-state index in [1.165, 1.54) is 102 Å². The number of carboxylic acid groups (broad SMARTS) is 1. The zero-order chi connectivity index (χ0) is 63.3. The smallest absolute Gasteiger partial charge is 0.325 e. The number of ether oxygens (including phenoxy) is 4. The molecule has 1 unspecified atom stereocenters. The first-order valence-electron chi connectivity index (χ1n) is 28.2. The molecule has 8 amide bonds. The topological polar surface area (TPSA) is 437 Å². The van der Waals surface area contributed by atoms with Crippen LogP contribution in [0, 0.1) is 0 Å². The molecule has 0 radical (unpaired) electrons. The van der Waals surface area contributed by atoms with Crippen molar-refractivity contribution in [3.05, 3.63) is 95.1 Å². The van der Waals surface area contributed by atoms with Gasteiger partial charge in [-0.05, 0) is 177 Å². The largest absolute Gasteiger partial charge is 0.496 e. The van der Waals surface area contributed by atoms with Gasteiger partial charge in [-0.2, -0.15) is 0 Å². The number of hydrogen-bond donors (Lipinski definition) is 14. The van der Waals surface area contributed by atoms with Crippen molar-refractivity contribution in [2.75, 3.05) is 75.9 Å². The van der Waals surface area contributed by atoms with E-state index in [1.807, 2.05) is 0 Å². The first kappa shape index (κ1) is 69.6. The molecule has 4 rings (SSSR count). The van der Waals surface area contributed by atoms with E-state index < -0.39 is 83.4 Å². The van der Waals surface area contributed by atoms with E-state index >= 15 is 0 Å². The van der Waals surface area contributed by atoms with Crippen molar-refractivity contribution in [2.45, 2.75) is 114 Å². The Balaban J connectivity index is 1.56. The summed E-state index contributed by atoms with van der Waals surface area (Å²) in [6.45, 7) is 2.68. The van der Waals surface area contributed by atoms with Gasteiger partial charge in [-0.3, -0.25) is 43.2 Å². The molecule has 0 saturated carbocycles. The molecular weight excluding hydrogens is 1110 g/mol. The maximum absolute atomic E-state index is 14.3. The molecule has 0 aliphatic heterocycles. The number of anilines is 4. The molecule has 86 heavy (non-hydrogen) atoms. The van der Waals surface area contributed by atoms with E-state index in [9.17, 15) is 48.3 Å². The van der Waals surface area contributed by atoms with Crippen molar-refractivity contribution < 1.29 is 67.2 Å². The molecule has 19 N–H and O–H groups in total. The van der Waals surface area contributed by atoms with E-state index in [-0.39, 0.29) is 87.3 Å².